The quantitative estimate of drug-likeness (QED) is 0.291. The smallest absolute Gasteiger partial charge is 0.256 e. The van der Waals surface area contributed by atoms with Gasteiger partial charge in [-0.15, -0.1) is 0 Å². The first-order chi connectivity index (χ1) is 16.9. The van der Waals surface area contributed by atoms with Crippen molar-refractivity contribution in [2.24, 2.45) is 0 Å². The average molecular weight is 433 g/mol. The maximum absolute atomic E-state index is 6.41. The van der Waals surface area contributed by atoms with E-state index in [0.29, 0.717) is 0 Å². The summed E-state index contributed by atoms with van der Waals surface area (Å²) < 4.78 is 15.1. The lowest BCUT2D eigenvalue weighted by Crippen LogP contribution is -2.58. The zero-order valence-corrected chi connectivity index (χ0v) is 18.1. The summed E-state index contributed by atoms with van der Waals surface area (Å²) in [7, 11) is 0. The zero-order chi connectivity index (χ0) is 22.0. The highest BCUT2D eigenvalue weighted by molar-refractivity contribution is 6.99. The Bertz CT molecular complexity index is 2010. The molecule has 3 nitrogen and oxygen atoms in total. The SMILES string of the molecule is c1ccc2c(c1)Oc1cccc3c1B2c1cccc2c4cc5oc6ccccc6c5cc4n-3c12. The number of benzene rings is 5. The van der Waals surface area contributed by atoms with Gasteiger partial charge in [0.15, 0.2) is 0 Å². The van der Waals surface area contributed by atoms with E-state index in [9.17, 15) is 0 Å². The Labute approximate surface area is 194 Å². The molecule has 0 saturated carbocycles. The Morgan fingerprint density at radius 3 is 2.38 bits per heavy atom. The predicted molar refractivity (Wildman–Crippen MR) is 139 cm³/mol. The van der Waals surface area contributed by atoms with Gasteiger partial charge in [0.05, 0.1) is 5.52 Å². The topological polar surface area (TPSA) is 27.3 Å². The highest BCUT2D eigenvalue weighted by Gasteiger charge is 2.39. The van der Waals surface area contributed by atoms with E-state index in [1.165, 1.54) is 43.9 Å². The van der Waals surface area contributed by atoms with E-state index in [1.54, 1.807) is 0 Å². The van der Waals surface area contributed by atoms with Gasteiger partial charge in [0, 0.05) is 32.7 Å². The highest BCUT2D eigenvalue weighted by atomic mass is 16.5. The largest absolute Gasteiger partial charge is 0.458 e. The fourth-order valence-electron chi connectivity index (χ4n) is 6.31. The molecular weight excluding hydrogens is 417 g/mol. The standard InChI is InChI=1S/C30H16BNO2/c1-3-12-25-17(7-1)20-15-24-19(16-28(20)33-25)18-8-5-10-22-30(18)32(24)23-11-6-14-27-29(23)31(22)21-9-2-4-13-26(21)34-27/h1-16H. The van der Waals surface area contributed by atoms with Gasteiger partial charge in [0.25, 0.3) is 6.71 Å². The van der Waals surface area contributed by atoms with Crippen LogP contribution < -0.4 is 21.1 Å². The maximum Gasteiger partial charge on any atom is 0.256 e. The second-order valence-corrected chi connectivity index (χ2v) is 9.30. The van der Waals surface area contributed by atoms with E-state index in [-0.39, 0.29) is 6.71 Å². The van der Waals surface area contributed by atoms with Crippen LogP contribution in [0.5, 0.6) is 11.5 Å². The van der Waals surface area contributed by atoms with Crippen LogP contribution in [0.4, 0.5) is 0 Å². The lowest BCUT2D eigenvalue weighted by Gasteiger charge is -2.33. The van der Waals surface area contributed by atoms with E-state index in [1.807, 2.05) is 18.2 Å². The molecule has 0 amide bonds. The molecule has 2 aromatic heterocycles. The first-order valence-electron chi connectivity index (χ1n) is 11.7. The van der Waals surface area contributed by atoms with Crippen LogP contribution in [0.3, 0.4) is 0 Å². The third-order valence-electron chi connectivity index (χ3n) is 7.65. The number of furan rings is 1. The summed E-state index contributed by atoms with van der Waals surface area (Å²) in [5.74, 6) is 1.89. The average Bonchev–Trinajstić information content (AvgIpc) is 3.41. The monoisotopic (exact) mass is 433 g/mol. The van der Waals surface area contributed by atoms with Crippen molar-refractivity contribution in [2.45, 2.75) is 0 Å². The first kappa shape index (κ1) is 17.1. The van der Waals surface area contributed by atoms with Gasteiger partial charge in [-0.3, -0.25) is 0 Å². The van der Waals surface area contributed by atoms with E-state index in [0.717, 1.165) is 33.4 Å². The Balaban J connectivity index is 1.51. The van der Waals surface area contributed by atoms with E-state index >= 15 is 0 Å². The summed E-state index contributed by atoms with van der Waals surface area (Å²) in [5, 5.41) is 4.78. The Hall–Kier alpha value is -4.44. The number of hydrogen-bond acceptors (Lipinski definition) is 2. The minimum atomic E-state index is 0.153. The number of fused-ring (bicyclic) bond motifs is 10. The maximum atomic E-state index is 6.41. The van der Waals surface area contributed by atoms with Crippen molar-refractivity contribution in [3.05, 3.63) is 97.1 Å². The minimum absolute atomic E-state index is 0.153. The number of nitrogens with zero attached hydrogens (tertiary/aromatic N) is 1. The molecule has 7 aromatic rings. The molecule has 0 N–H and O–H groups in total. The molecule has 34 heavy (non-hydrogen) atoms. The summed E-state index contributed by atoms with van der Waals surface area (Å²) in [6, 6.07) is 34.4. The lowest BCUT2D eigenvalue weighted by atomic mass is 9.34. The van der Waals surface area contributed by atoms with Crippen LogP contribution in [0.1, 0.15) is 0 Å². The molecule has 0 fully saturated rings. The fourth-order valence-corrected chi connectivity index (χ4v) is 6.31. The van der Waals surface area contributed by atoms with Crippen LogP contribution >= 0.6 is 0 Å². The van der Waals surface area contributed by atoms with E-state index < -0.39 is 0 Å². The molecule has 0 aliphatic carbocycles. The summed E-state index contributed by atoms with van der Waals surface area (Å²) in [4.78, 5) is 0. The van der Waals surface area contributed by atoms with E-state index in [4.69, 9.17) is 9.15 Å². The summed E-state index contributed by atoms with van der Waals surface area (Å²) in [5.41, 5.74) is 9.33. The van der Waals surface area contributed by atoms with Crippen LogP contribution in [0.25, 0.3) is 49.4 Å². The molecule has 0 unspecified atom stereocenters. The summed E-state index contributed by atoms with van der Waals surface area (Å²) in [6.07, 6.45) is 0. The second kappa shape index (κ2) is 5.73. The van der Waals surface area contributed by atoms with Gasteiger partial charge in [-0.05, 0) is 52.8 Å². The number of ether oxygens (including phenoxy) is 1. The Morgan fingerprint density at radius 1 is 0.588 bits per heavy atom. The normalized spacial score (nSPS) is 13.5. The zero-order valence-electron chi connectivity index (χ0n) is 18.1. The molecule has 5 aromatic carbocycles. The number of aromatic nitrogens is 1. The molecule has 9 rings (SSSR count). The molecule has 0 bridgehead atoms. The van der Waals surface area contributed by atoms with Crippen molar-refractivity contribution in [3.8, 4) is 17.2 Å². The molecule has 0 spiro atoms. The van der Waals surface area contributed by atoms with Gasteiger partial charge in [0.1, 0.15) is 22.7 Å². The van der Waals surface area contributed by atoms with Crippen LogP contribution in [0.2, 0.25) is 0 Å². The van der Waals surface area contributed by atoms with Crippen molar-refractivity contribution in [2.75, 3.05) is 0 Å². The number of para-hydroxylation sites is 3. The third-order valence-corrected chi connectivity index (χ3v) is 7.65. The van der Waals surface area contributed by atoms with Crippen LogP contribution in [-0.4, -0.2) is 11.3 Å². The third kappa shape index (κ3) is 1.89. The molecular formula is C30H16BNO2. The minimum Gasteiger partial charge on any atom is -0.458 e. The second-order valence-electron chi connectivity index (χ2n) is 9.30. The lowest BCUT2D eigenvalue weighted by molar-refractivity contribution is 0.487. The Morgan fingerprint density at radius 2 is 1.38 bits per heavy atom. The number of rotatable bonds is 0. The molecule has 4 heteroatoms. The van der Waals surface area contributed by atoms with Gasteiger partial charge >= 0.3 is 0 Å². The van der Waals surface area contributed by atoms with Crippen molar-refractivity contribution >= 4 is 66.8 Å². The van der Waals surface area contributed by atoms with Gasteiger partial charge in [-0.25, -0.2) is 0 Å². The van der Waals surface area contributed by atoms with Crippen LogP contribution in [0.15, 0.2) is 101 Å². The molecule has 2 aliphatic rings. The van der Waals surface area contributed by atoms with Gasteiger partial charge in [0.2, 0.25) is 0 Å². The van der Waals surface area contributed by atoms with Crippen LogP contribution in [0, 0.1) is 0 Å². The Kier molecular flexibility index (Phi) is 2.88. The summed E-state index contributed by atoms with van der Waals surface area (Å²) >= 11 is 0. The van der Waals surface area contributed by atoms with Gasteiger partial charge < -0.3 is 13.7 Å². The first-order valence-corrected chi connectivity index (χ1v) is 11.7. The molecule has 0 radical (unpaired) electrons. The van der Waals surface area contributed by atoms with Crippen LogP contribution in [-0.2, 0) is 0 Å². The highest BCUT2D eigenvalue weighted by Crippen LogP contribution is 2.40. The van der Waals surface area contributed by atoms with E-state index in [2.05, 4.69) is 83.4 Å². The van der Waals surface area contributed by atoms with Gasteiger partial charge in [-0.2, -0.15) is 0 Å². The van der Waals surface area contributed by atoms with Crippen molar-refractivity contribution in [3.63, 3.8) is 0 Å². The molecule has 0 atom stereocenters. The molecule has 2 aliphatic heterocycles. The van der Waals surface area contributed by atoms with Crippen molar-refractivity contribution in [1.82, 2.24) is 4.57 Å². The molecule has 156 valence electrons. The van der Waals surface area contributed by atoms with Crippen molar-refractivity contribution in [1.29, 1.82) is 0 Å². The summed E-state index contributed by atoms with van der Waals surface area (Å²) in [6.45, 7) is 0.153. The van der Waals surface area contributed by atoms with Crippen molar-refractivity contribution < 1.29 is 9.15 Å². The number of hydrogen-bond donors (Lipinski definition) is 0. The molecule has 4 heterocycles. The molecule has 0 saturated heterocycles. The predicted octanol–water partition coefficient (Wildman–Crippen LogP) is 5.62. The fraction of sp³-hybridized carbons (Fsp3) is 0. The van der Waals surface area contributed by atoms with Gasteiger partial charge in [-0.1, -0.05) is 60.7 Å².